The van der Waals surface area contributed by atoms with Gasteiger partial charge in [-0.3, -0.25) is 16.1 Å². The Labute approximate surface area is 69.9 Å². The highest BCUT2D eigenvalue weighted by atomic mass is 15.4. The zero-order chi connectivity index (χ0) is 8.55. The van der Waals surface area contributed by atoms with Crippen molar-refractivity contribution in [3.05, 3.63) is 0 Å². The fourth-order valence-corrected chi connectivity index (χ4v) is 1.47. The average Bonchev–Trinajstić information content (AvgIpc) is 2.52. The molecule has 3 atom stereocenters. The molecular weight excluding hydrogens is 158 g/mol. The number of aliphatic imine (C=N–C) groups is 1. The zero-order valence-electron chi connectivity index (χ0n) is 6.54. The molecule has 1 fully saturated rings. The zero-order valence-corrected chi connectivity index (χ0v) is 6.54. The SMILES string of the molecule is NNC1=NC2NCNC2C(N)N1. The Morgan fingerprint density at radius 3 is 3.08 bits per heavy atom. The first-order valence-electron chi connectivity index (χ1n) is 3.84. The van der Waals surface area contributed by atoms with Crippen LogP contribution in [0.2, 0.25) is 0 Å². The van der Waals surface area contributed by atoms with Crippen LogP contribution in [0.4, 0.5) is 0 Å². The molecule has 0 saturated carbocycles. The monoisotopic (exact) mass is 171 g/mol. The number of rotatable bonds is 0. The molecule has 68 valence electrons. The van der Waals surface area contributed by atoms with Crippen molar-refractivity contribution in [1.29, 1.82) is 0 Å². The maximum atomic E-state index is 5.80. The molecule has 7 heteroatoms. The van der Waals surface area contributed by atoms with Gasteiger partial charge in [0.25, 0.3) is 0 Å². The van der Waals surface area contributed by atoms with Crippen LogP contribution in [0.1, 0.15) is 0 Å². The lowest BCUT2D eigenvalue weighted by molar-refractivity contribution is 0.391. The second-order valence-electron chi connectivity index (χ2n) is 2.85. The summed E-state index contributed by atoms with van der Waals surface area (Å²) in [5.41, 5.74) is 8.23. The number of nitrogens with one attached hydrogen (secondary N) is 4. The highest BCUT2D eigenvalue weighted by Crippen LogP contribution is 2.07. The first-order chi connectivity index (χ1) is 5.81. The quantitative estimate of drug-likeness (QED) is 0.167. The van der Waals surface area contributed by atoms with Gasteiger partial charge in [-0.15, -0.1) is 0 Å². The fourth-order valence-electron chi connectivity index (χ4n) is 1.47. The van der Waals surface area contributed by atoms with E-state index in [1.807, 2.05) is 0 Å². The van der Waals surface area contributed by atoms with Gasteiger partial charge in [0.2, 0.25) is 5.96 Å². The van der Waals surface area contributed by atoms with Gasteiger partial charge >= 0.3 is 0 Å². The lowest BCUT2D eigenvalue weighted by Gasteiger charge is -2.30. The smallest absolute Gasteiger partial charge is 0.208 e. The lowest BCUT2D eigenvalue weighted by Crippen LogP contribution is -2.64. The van der Waals surface area contributed by atoms with Crippen molar-refractivity contribution in [3.63, 3.8) is 0 Å². The first kappa shape index (κ1) is 7.74. The molecule has 0 aromatic rings. The van der Waals surface area contributed by atoms with Gasteiger partial charge in [-0.2, -0.15) is 0 Å². The van der Waals surface area contributed by atoms with Gasteiger partial charge in [0.1, 0.15) is 6.17 Å². The van der Waals surface area contributed by atoms with E-state index in [4.69, 9.17) is 11.6 Å². The van der Waals surface area contributed by atoms with Gasteiger partial charge in [-0.25, -0.2) is 10.8 Å². The van der Waals surface area contributed by atoms with Crippen LogP contribution in [0.25, 0.3) is 0 Å². The van der Waals surface area contributed by atoms with E-state index >= 15 is 0 Å². The van der Waals surface area contributed by atoms with Crippen LogP contribution in [-0.2, 0) is 0 Å². The lowest BCUT2D eigenvalue weighted by atomic mass is 10.2. The van der Waals surface area contributed by atoms with Gasteiger partial charge in [-0.1, -0.05) is 0 Å². The largest absolute Gasteiger partial charge is 0.338 e. The van der Waals surface area contributed by atoms with Crippen molar-refractivity contribution in [2.45, 2.75) is 18.4 Å². The van der Waals surface area contributed by atoms with E-state index in [2.05, 4.69) is 26.4 Å². The molecule has 1 saturated heterocycles. The van der Waals surface area contributed by atoms with Crippen molar-refractivity contribution in [2.24, 2.45) is 16.6 Å². The Kier molecular flexibility index (Phi) is 1.85. The summed E-state index contributed by atoms with van der Waals surface area (Å²) in [6.07, 6.45) is -0.138. The van der Waals surface area contributed by atoms with E-state index in [1.54, 1.807) is 0 Å². The summed E-state index contributed by atoms with van der Waals surface area (Å²) >= 11 is 0. The van der Waals surface area contributed by atoms with Gasteiger partial charge in [0.15, 0.2) is 0 Å². The minimum Gasteiger partial charge on any atom is -0.338 e. The predicted octanol–water partition coefficient (Wildman–Crippen LogP) is -3.46. The molecule has 7 nitrogen and oxygen atoms in total. The van der Waals surface area contributed by atoms with E-state index in [0.29, 0.717) is 5.96 Å². The molecule has 3 unspecified atom stereocenters. The summed E-state index contributed by atoms with van der Waals surface area (Å²) in [6.45, 7) is 0.728. The van der Waals surface area contributed by atoms with Gasteiger partial charge in [0.05, 0.1) is 12.2 Å². The number of nitrogens with zero attached hydrogens (tertiary/aromatic N) is 1. The molecule has 2 aliphatic heterocycles. The third-order valence-corrected chi connectivity index (χ3v) is 2.08. The van der Waals surface area contributed by atoms with Crippen molar-refractivity contribution in [1.82, 2.24) is 21.4 Å². The molecule has 0 aliphatic carbocycles. The molecule has 2 aliphatic rings. The molecule has 0 bridgehead atoms. The molecule has 2 rings (SSSR count). The third-order valence-electron chi connectivity index (χ3n) is 2.08. The number of hydrazine groups is 1. The summed E-state index contributed by atoms with van der Waals surface area (Å²) in [4.78, 5) is 4.23. The Bertz CT molecular complexity index is 202. The van der Waals surface area contributed by atoms with Crippen molar-refractivity contribution in [2.75, 3.05) is 6.67 Å². The predicted molar refractivity (Wildman–Crippen MR) is 44.6 cm³/mol. The van der Waals surface area contributed by atoms with Crippen LogP contribution >= 0.6 is 0 Å². The van der Waals surface area contributed by atoms with Gasteiger partial charge < -0.3 is 11.1 Å². The van der Waals surface area contributed by atoms with Crippen LogP contribution in [0.5, 0.6) is 0 Å². The summed E-state index contributed by atoms with van der Waals surface area (Å²) in [6, 6.07) is 0.141. The molecule has 12 heavy (non-hydrogen) atoms. The normalized spacial score (nSPS) is 39.8. The molecule has 0 radical (unpaired) electrons. The summed E-state index contributed by atoms with van der Waals surface area (Å²) in [5.74, 6) is 5.73. The third kappa shape index (κ3) is 1.12. The summed E-state index contributed by atoms with van der Waals surface area (Å²) in [5, 5.41) is 9.24. The number of hydrogen-bond donors (Lipinski definition) is 6. The molecule has 8 N–H and O–H groups in total. The maximum Gasteiger partial charge on any atom is 0.208 e. The van der Waals surface area contributed by atoms with Crippen LogP contribution in [0, 0.1) is 0 Å². The topological polar surface area (TPSA) is 113 Å². The summed E-state index contributed by atoms with van der Waals surface area (Å²) < 4.78 is 0. The molecule has 0 aromatic heterocycles. The second kappa shape index (κ2) is 2.87. The van der Waals surface area contributed by atoms with E-state index in [0.717, 1.165) is 6.67 Å². The van der Waals surface area contributed by atoms with E-state index in [1.165, 1.54) is 0 Å². The van der Waals surface area contributed by atoms with Gasteiger partial charge in [-0.05, 0) is 0 Å². The van der Waals surface area contributed by atoms with E-state index in [-0.39, 0.29) is 18.4 Å². The number of hydrogen-bond acceptors (Lipinski definition) is 7. The highest BCUT2D eigenvalue weighted by Gasteiger charge is 2.35. The molecule has 0 aromatic carbocycles. The van der Waals surface area contributed by atoms with E-state index in [9.17, 15) is 0 Å². The number of guanidine groups is 1. The minimum atomic E-state index is -0.159. The second-order valence-corrected chi connectivity index (χ2v) is 2.85. The van der Waals surface area contributed by atoms with Crippen LogP contribution < -0.4 is 33.0 Å². The number of fused-ring (bicyclic) bond motifs is 1. The van der Waals surface area contributed by atoms with Crippen LogP contribution in [0.3, 0.4) is 0 Å². The Balaban J connectivity index is 2.15. The highest BCUT2D eigenvalue weighted by molar-refractivity contribution is 5.80. The average molecular weight is 171 g/mol. The molecule has 0 spiro atoms. The maximum absolute atomic E-state index is 5.80. The Hall–Kier alpha value is -0.890. The van der Waals surface area contributed by atoms with Crippen molar-refractivity contribution in [3.8, 4) is 0 Å². The molecule has 0 amide bonds. The van der Waals surface area contributed by atoms with Gasteiger partial charge in [0, 0.05) is 6.67 Å². The first-order valence-corrected chi connectivity index (χ1v) is 3.84. The molecule has 2 heterocycles. The van der Waals surface area contributed by atoms with Crippen molar-refractivity contribution < 1.29 is 0 Å². The summed E-state index contributed by atoms with van der Waals surface area (Å²) in [7, 11) is 0. The Morgan fingerprint density at radius 1 is 1.50 bits per heavy atom. The standard InChI is InChI=1S/C5H13N7/c6-3-2-4(9-1-8-2)11-5(10-3)12-7/h2-4,8-9H,1,6-7H2,(H2,10,11,12). The van der Waals surface area contributed by atoms with Crippen LogP contribution in [0.15, 0.2) is 4.99 Å². The van der Waals surface area contributed by atoms with Crippen molar-refractivity contribution >= 4 is 5.96 Å². The number of nitrogens with two attached hydrogens (primary N) is 2. The molecular formula is C5H13N7. The minimum absolute atomic E-state index is 0.0206. The van der Waals surface area contributed by atoms with Crippen LogP contribution in [-0.4, -0.2) is 31.0 Å². The van der Waals surface area contributed by atoms with E-state index < -0.39 is 0 Å². The Morgan fingerprint density at radius 2 is 2.33 bits per heavy atom. The fraction of sp³-hybridized carbons (Fsp3) is 0.800.